The molecule has 0 bridgehead atoms. The van der Waals surface area contributed by atoms with Crippen LogP contribution in [0.4, 0.5) is 0 Å². The molecule has 2 atom stereocenters. The summed E-state index contributed by atoms with van der Waals surface area (Å²) in [4.78, 5) is 0. The van der Waals surface area contributed by atoms with E-state index in [2.05, 4.69) is 13.8 Å². The summed E-state index contributed by atoms with van der Waals surface area (Å²) < 4.78 is 0. The first kappa shape index (κ1) is 15.4. The minimum atomic E-state index is -0.340. The zero-order valence-electron chi connectivity index (χ0n) is 11.7. The largest absolute Gasteiger partial charge is 0.389 e. The molecule has 0 aromatic heterocycles. The normalized spacial score (nSPS) is 28.8. The highest BCUT2D eigenvalue weighted by molar-refractivity contribution is 8.00. The van der Waals surface area contributed by atoms with E-state index in [0.717, 1.165) is 18.6 Å². The van der Waals surface area contributed by atoms with Crippen molar-refractivity contribution in [1.29, 1.82) is 0 Å². The van der Waals surface area contributed by atoms with E-state index in [1.54, 1.807) is 0 Å². The maximum atomic E-state index is 10.4. The Morgan fingerprint density at radius 1 is 1.06 bits per heavy atom. The van der Waals surface area contributed by atoms with Gasteiger partial charge in [-0.25, -0.2) is 0 Å². The van der Waals surface area contributed by atoms with Crippen molar-refractivity contribution in [3.05, 3.63) is 0 Å². The second-order valence-electron chi connectivity index (χ2n) is 5.59. The number of thioether (sulfide) groups is 1. The molecule has 1 N–H and O–H groups in total. The number of rotatable bonds is 9. The van der Waals surface area contributed by atoms with E-state index >= 15 is 0 Å². The highest BCUT2D eigenvalue weighted by Gasteiger charge is 2.37. The fourth-order valence-electron chi connectivity index (χ4n) is 2.66. The maximum absolute atomic E-state index is 10.4. The molecule has 1 heterocycles. The number of hydrogen-bond donors (Lipinski definition) is 1. The zero-order valence-corrected chi connectivity index (χ0v) is 12.5. The Kier molecular flexibility index (Phi) is 7.61. The molecular weight excluding hydrogens is 228 g/mol. The Hall–Kier alpha value is 0.310. The Morgan fingerprint density at radius 2 is 1.65 bits per heavy atom. The van der Waals surface area contributed by atoms with Crippen LogP contribution in [0.5, 0.6) is 0 Å². The van der Waals surface area contributed by atoms with Crippen molar-refractivity contribution in [2.75, 3.05) is 5.75 Å². The lowest BCUT2D eigenvalue weighted by molar-refractivity contribution is 0.0345. The molecule has 0 radical (unpaired) electrons. The van der Waals surface area contributed by atoms with Gasteiger partial charge in [-0.05, 0) is 18.6 Å². The van der Waals surface area contributed by atoms with Crippen molar-refractivity contribution in [1.82, 2.24) is 0 Å². The van der Waals surface area contributed by atoms with Gasteiger partial charge in [-0.15, -0.1) is 0 Å². The average Bonchev–Trinajstić information content (AvgIpc) is 2.63. The molecule has 1 nitrogen and oxygen atoms in total. The predicted octanol–water partition coefficient (Wildman–Crippen LogP) is 4.77. The van der Waals surface area contributed by atoms with E-state index in [-0.39, 0.29) is 5.60 Å². The predicted molar refractivity (Wildman–Crippen MR) is 78.7 cm³/mol. The summed E-state index contributed by atoms with van der Waals surface area (Å²) in [5.74, 6) is 1.15. The smallest absolute Gasteiger partial charge is 0.0771 e. The summed E-state index contributed by atoms with van der Waals surface area (Å²) in [6.07, 6.45) is 12.9. The van der Waals surface area contributed by atoms with Gasteiger partial charge in [0.25, 0.3) is 0 Å². The van der Waals surface area contributed by atoms with Crippen molar-refractivity contribution in [3.8, 4) is 0 Å². The van der Waals surface area contributed by atoms with Gasteiger partial charge in [0.05, 0.1) is 5.60 Å². The standard InChI is InChI=1S/C15H30OS/c1-3-4-5-6-7-8-9-10-11-15(16)12-13-17-14(15)2/h14,16H,3-13H2,1-2H3. The van der Waals surface area contributed by atoms with Gasteiger partial charge in [-0.3, -0.25) is 0 Å². The van der Waals surface area contributed by atoms with Gasteiger partial charge in [0.2, 0.25) is 0 Å². The molecule has 2 unspecified atom stereocenters. The number of unbranched alkanes of at least 4 members (excludes halogenated alkanes) is 7. The summed E-state index contributed by atoms with van der Waals surface area (Å²) in [7, 11) is 0. The molecule has 0 aliphatic carbocycles. The van der Waals surface area contributed by atoms with E-state index in [1.807, 2.05) is 11.8 Å². The minimum Gasteiger partial charge on any atom is -0.389 e. The molecule has 0 aromatic carbocycles. The quantitative estimate of drug-likeness (QED) is 0.601. The molecule has 0 saturated carbocycles. The second kappa shape index (κ2) is 8.42. The third-order valence-corrected chi connectivity index (χ3v) is 5.50. The van der Waals surface area contributed by atoms with Crippen molar-refractivity contribution in [2.24, 2.45) is 0 Å². The fraction of sp³-hybridized carbons (Fsp3) is 1.00. The van der Waals surface area contributed by atoms with E-state index in [0.29, 0.717) is 5.25 Å². The van der Waals surface area contributed by atoms with Crippen molar-refractivity contribution < 1.29 is 5.11 Å². The molecule has 0 spiro atoms. The van der Waals surface area contributed by atoms with E-state index in [4.69, 9.17) is 0 Å². The van der Waals surface area contributed by atoms with Crippen LogP contribution < -0.4 is 0 Å². The van der Waals surface area contributed by atoms with E-state index in [9.17, 15) is 5.11 Å². The van der Waals surface area contributed by atoms with Gasteiger partial charge in [-0.1, -0.05) is 65.2 Å². The Balaban J connectivity index is 1.93. The molecule has 1 aliphatic heterocycles. The Labute approximate surface area is 112 Å². The van der Waals surface area contributed by atoms with Gasteiger partial charge < -0.3 is 5.11 Å². The van der Waals surface area contributed by atoms with Gasteiger partial charge >= 0.3 is 0 Å². The molecule has 0 amide bonds. The van der Waals surface area contributed by atoms with Crippen LogP contribution in [-0.2, 0) is 0 Å². The third-order valence-electron chi connectivity index (χ3n) is 4.12. The second-order valence-corrected chi connectivity index (χ2v) is 7.04. The molecule has 1 aliphatic rings. The zero-order chi connectivity index (χ0) is 12.6. The van der Waals surface area contributed by atoms with Crippen LogP contribution >= 0.6 is 11.8 Å². The molecule has 0 aromatic rings. The maximum Gasteiger partial charge on any atom is 0.0771 e. The monoisotopic (exact) mass is 258 g/mol. The minimum absolute atomic E-state index is 0.340. The summed E-state index contributed by atoms with van der Waals surface area (Å²) in [6, 6.07) is 0. The third kappa shape index (κ3) is 5.65. The fourth-order valence-corrected chi connectivity index (χ4v) is 4.03. The molecule has 2 heteroatoms. The lowest BCUT2D eigenvalue weighted by atomic mass is 9.90. The SMILES string of the molecule is CCCCCCCCCCC1(O)CCSC1C. The van der Waals surface area contributed by atoms with Crippen molar-refractivity contribution >= 4 is 11.8 Å². The van der Waals surface area contributed by atoms with Crippen LogP contribution in [0, 0.1) is 0 Å². The summed E-state index contributed by atoms with van der Waals surface area (Å²) in [5.41, 5.74) is -0.340. The Bertz CT molecular complexity index is 195. The van der Waals surface area contributed by atoms with Crippen LogP contribution in [0.15, 0.2) is 0 Å². The van der Waals surface area contributed by atoms with Gasteiger partial charge in [-0.2, -0.15) is 11.8 Å². The Morgan fingerprint density at radius 3 is 2.18 bits per heavy atom. The van der Waals surface area contributed by atoms with E-state index < -0.39 is 0 Å². The first-order valence-corrected chi connectivity index (χ1v) is 8.58. The highest BCUT2D eigenvalue weighted by atomic mass is 32.2. The van der Waals surface area contributed by atoms with Crippen LogP contribution in [0.25, 0.3) is 0 Å². The van der Waals surface area contributed by atoms with Crippen LogP contribution in [0.2, 0.25) is 0 Å². The molecular formula is C15H30OS. The first-order chi connectivity index (χ1) is 8.19. The van der Waals surface area contributed by atoms with Crippen LogP contribution in [0.3, 0.4) is 0 Å². The highest BCUT2D eigenvalue weighted by Crippen LogP contribution is 2.38. The number of aliphatic hydroxyl groups is 1. The van der Waals surface area contributed by atoms with Crippen LogP contribution in [0.1, 0.15) is 78.1 Å². The molecule has 1 saturated heterocycles. The molecule has 1 rings (SSSR count). The molecule has 1 fully saturated rings. The number of hydrogen-bond acceptors (Lipinski definition) is 2. The van der Waals surface area contributed by atoms with Gasteiger partial charge in [0.15, 0.2) is 0 Å². The van der Waals surface area contributed by atoms with Gasteiger partial charge in [0, 0.05) is 5.25 Å². The van der Waals surface area contributed by atoms with Crippen molar-refractivity contribution in [3.63, 3.8) is 0 Å². The first-order valence-electron chi connectivity index (χ1n) is 7.53. The average molecular weight is 258 g/mol. The van der Waals surface area contributed by atoms with Crippen molar-refractivity contribution in [2.45, 2.75) is 88.9 Å². The summed E-state index contributed by atoms with van der Waals surface area (Å²) >= 11 is 1.93. The topological polar surface area (TPSA) is 20.2 Å². The van der Waals surface area contributed by atoms with E-state index in [1.165, 1.54) is 51.4 Å². The van der Waals surface area contributed by atoms with Crippen LogP contribution in [-0.4, -0.2) is 21.7 Å². The summed E-state index contributed by atoms with van der Waals surface area (Å²) in [5, 5.41) is 10.9. The van der Waals surface area contributed by atoms with Gasteiger partial charge in [0.1, 0.15) is 0 Å². The molecule has 17 heavy (non-hydrogen) atoms. The lowest BCUT2D eigenvalue weighted by Crippen LogP contribution is -2.34. The lowest BCUT2D eigenvalue weighted by Gasteiger charge is -2.26. The summed E-state index contributed by atoms with van der Waals surface area (Å²) in [6.45, 7) is 4.45. The molecule has 102 valence electrons.